The van der Waals surface area contributed by atoms with Crippen LogP contribution in [0.5, 0.6) is 0 Å². The first-order valence-electron chi connectivity index (χ1n) is 5.28. The molecule has 7 heteroatoms. The molecule has 1 heterocycles. The second-order valence-corrected chi connectivity index (χ2v) is 6.54. The zero-order valence-electron chi connectivity index (χ0n) is 9.79. The van der Waals surface area contributed by atoms with Crippen molar-refractivity contribution in [2.24, 2.45) is 0 Å². The number of sulfonamides is 1. The van der Waals surface area contributed by atoms with Gasteiger partial charge in [0.15, 0.2) is 0 Å². The number of nitrogen functional groups attached to an aromatic ring is 1. The fourth-order valence-electron chi connectivity index (χ4n) is 1.88. The number of aliphatic hydroxyl groups is 1. The highest BCUT2D eigenvalue weighted by atomic mass is 32.2. The Labute approximate surface area is 105 Å². The maximum atomic E-state index is 12.2. The fraction of sp³-hybridized carbons (Fsp3) is 0.364. The van der Waals surface area contributed by atoms with E-state index in [2.05, 4.69) is 0 Å². The van der Waals surface area contributed by atoms with Crippen molar-refractivity contribution in [2.75, 3.05) is 18.8 Å². The number of anilines is 1. The van der Waals surface area contributed by atoms with Crippen LogP contribution in [0.4, 0.5) is 5.69 Å². The number of hydrogen-bond donors (Lipinski definition) is 2. The van der Waals surface area contributed by atoms with Gasteiger partial charge in [-0.2, -0.15) is 9.57 Å². The van der Waals surface area contributed by atoms with Gasteiger partial charge in [-0.05, 0) is 25.1 Å². The lowest BCUT2D eigenvalue weighted by atomic mass is 10.0. The molecule has 1 aliphatic rings. The van der Waals surface area contributed by atoms with E-state index >= 15 is 0 Å². The highest BCUT2D eigenvalue weighted by Crippen LogP contribution is 2.30. The topological polar surface area (TPSA) is 107 Å². The Morgan fingerprint density at radius 3 is 2.56 bits per heavy atom. The van der Waals surface area contributed by atoms with Gasteiger partial charge in [0.25, 0.3) is 0 Å². The summed E-state index contributed by atoms with van der Waals surface area (Å²) >= 11 is 0. The molecular weight excluding hydrogens is 254 g/mol. The summed E-state index contributed by atoms with van der Waals surface area (Å²) < 4.78 is 25.5. The summed E-state index contributed by atoms with van der Waals surface area (Å²) in [6, 6.07) is 5.93. The molecule has 0 atom stereocenters. The third-order valence-corrected chi connectivity index (χ3v) is 4.66. The fourth-order valence-corrected chi connectivity index (χ4v) is 3.65. The highest BCUT2D eigenvalue weighted by molar-refractivity contribution is 7.89. The van der Waals surface area contributed by atoms with E-state index in [1.807, 2.05) is 6.07 Å². The molecule has 0 saturated carbocycles. The van der Waals surface area contributed by atoms with Gasteiger partial charge >= 0.3 is 0 Å². The van der Waals surface area contributed by atoms with Gasteiger partial charge in [0.2, 0.25) is 10.0 Å². The molecule has 0 spiro atoms. The molecule has 3 N–H and O–H groups in total. The summed E-state index contributed by atoms with van der Waals surface area (Å²) in [4.78, 5) is -0.0306. The highest BCUT2D eigenvalue weighted by Gasteiger charge is 2.44. The van der Waals surface area contributed by atoms with Gasteiger partial charge in [0, 0.05) is 13.1 Å². The number of rotatable bonds is 2. The van der Waals surface area contributed by atoms with Gasteiger partial charge in [-0.3, -0.25) is 0 Å². The maximum absolute atomic E-state index is 12.2. The largest absolute Gasteiger partial charge is 0.398 e. The molecule has 2 rings (SSSR count). The summed E-state index contributed by atoms with van der Waals surface area (Å²) in [7, 11) is -3.69. The zero-order chi connectivity index (χ0) is 13.6. The Morgan fingerprint density at radius 2 is 2.11 bits per heavy atom. The predicted octanol–water partition coefficient (Wildman–Crippen LogP) is -0.104. The first kappa shape index (κ1) is 12.8. The Morgan fingerprint density at radius 1 is 1.50 bits per heavy atom. The minimum absolute atomic E-state index is 0.0306. The van der Waals surface area contributed by atoms with Crippen LogP contribution in [0, 0.1) is 11.3 Å². The van der Waals surface area contributed by atoms with Gasteiger partial charge in [0.1, 0.15) is 4.90 Å². The minimum atomic E-state index is -3.69. The van der Waals surface area contributed by atoms with Gasteiger partial charge in [0.05, 0.1) is 22.9 Å². The van der Waals surface area contributed by atoms with Crippen LogP contribution < -0.4 is 5.73 Å². The van der Waals surface area contributed by atoms with Crippen LogP contribution in [0.1, 0.15) is 12.5 Å². The molecule has 1 fully saturated rings. The lowest BCUT2D eigenvalue weighted by Gasteiger charge is -2.42. The van der Waals surface area contributed by atoms with Crippen LogP contribution in [0.2, 0.25) is 0 Å². The van der Waals surface area contributed by atoms with Crippen LogP contribution in [0.15, 0.2) is 23.1 Å². The van der Waals surface area contributed by atoms with Crippen LogP contribution in [-0.2, 0) is 10.0 Å². The molecule has 0 aliphatic carbocycles. The molecule has 1 saturated heterocycles. The van der Waals surface area contributed by atoms with Crippen LogP contribution >= 0.6 is 0 Å². The van der Waals surface area contributed by atoms with Crippen molar-refractivity contribution in [3.8, 4) is 6.07 Å². The number of benzene rings is 1. The quantitative estimate of drug-likeness (QED) is 0.727. The van der Waals surface area contributed by atoms with E-state index in [1.165, 1.54) is 18.2 Å². The molecule has 0 unspecified atom stereocenters. The SMILES string of the molecule is CC1(O)CN(S(=O)(=O)c2ccc(C#N)cc2N)C1. The first-order valence-corrected chi connectivity index (χ1v) is 6.72. The van der Waals surface area contributed by atoms with Gasteiger partial charge < -0.3 is 10.8 Å². The van der Waals surface area contributed by atoms with Crippen molar-refractivity contribution in [1.29, 1.82) is 5.26 Å². The Kier molecular flexibility index (Phi) is 2.81. The van der Waals surface area contributed by atoms with Crippen molar-refractivity contribution in [2.45, 2.75) is 17.4 Å². The van der Waals surface area contributed by atoms with Gasteiger partial charge in [-0.1, -0.05) is 0 Å². The third-order valence-electron chi connectivity index (χ3n) is 2.79. The van der Waals surface area contributed by atoms with E-state index in [0.717, 1.165) is 4.31 Å². The average molecular weight is 267 g/mol. The Bertz CT molecular complexity index is 623. The average Bonchev–Trinajstić information content (AvgIpc) is 2.25. The molecule has 0 radical (unpaired) electrons. The summed E-state index contributed by atoms with van der Waals surface area (Å²) in [5, 5.41) is 18.3. The van der Waals surface area contributed by atoms with E-state index < -0.39 is 15.6 Å². The lowest BCUT2D eigenvalue weighted by molar-refractivity contribution is -0.0426. The van der Waals surface area contributed by atoms with Gasteiger partial charge in [-0.25, -0.2) is 8.42 Å². The number of nitrogens with two attached hydrogens (primary N) is 1. The van der Waals surface area contributed by atoms with Crippen molar-refractivity contribution in [3.63, 3.8) is 0 Å². The molecule has 18 heavy (non-hydrogen) atoms. The van der Waals surface area contributed by atoms with Gasteiger partial charge in [-0.15, -0.1) is 0 Å². The summed E-state index contributed by atoms with van der Waals surface area (Å²) in [6.07, 6.45) is 0. The smallest absolute Gasteiger partial charge is 0.245 e. The van der Waals surface area contributed by atoms with Crippen molar-refractivity contribution >= 4 is 15.7 Å². The molecule has 1 aromatic rings. The second-order valence-electron chi connectivity index (χ2n) is 4.63. The number of hydrogen-bond acceptors (Lipinski definition) is 5. The van der Waals surface area contributed by atoms with Crippen molar-refractivity contribution in [1.82, 2.24) is 4.31 Å². The monoisotopic (exact) mass is 267 g/mol. The second kappa shape index (κ2) is 3.95. The molecule has 6 nitrogen and oxygen atoms in total. The molecule has 1 aromatic carbocycles. The summed E-state index contributed by atoms with van der Waals surface area (Å²) in [6.45, 7) is 1.67. The van der Waals surface area contributed by atoms with E-state index in [4.69, 9.17) is 11.0 Å². The molecular formula is C11H13N3O3S. The molecule has 0 bridgehead atoms. The van der Waals surface area contributed by atoms with Crippen LogP contribution in [0.25, 0.3) is 0 Å². The van der Waals surface area contributed by atoms with Crippen LogP contribution in [-0.4, -0.2) is 36.5 Å². The van der Waals surface area contributed by atoms with Crippen molar-refractivity contribution in [3.05, 3.63) is 23.8 Å². The third kappa shape index (κ3) is 2.06. The summed E-state index contributed by atoms with van der Waals surface area (Å²) in [5.74, 6) is 0. The number of β-amino-alcohol motifs (C(OH)–C–C–N with tert-alkyl or cyclic N) is 1. The molecule has 1 aliphatic heterocycles. The lowest BCUT2D eigenvalue weighted by Crippen LogP contribution is -2.61. The van der Waals surface area contributed by atoms with Crippen molar-refractivity contribution < 1.29 is 13.5 Å². The van der Waals surface area contributed by atoms with E-state index in [1.54, 1.807) is 6.92 Å². The standard InChI is InChI=1S/C11H13N3O3S/c1-11(15)6-14(7-11)18(16,17)10-3-2-8(5-12)4-9(10)13/h2-4,15H,6-7,13H2,1H3. The van der Waals surface area contributed by atoms with Crippen LogP contribution in [0.3, 0.4) is 0 Å². The number of nitrogens with zero attached hydrogens (tertiary/aromatic N) is 2. The van der Waals surface area contributed by atoms with E-state index in [9.17, 15) is 13.5 Å². The Hall–Kier alpha value is -1.62. The summed E-state index contributed by atoms with van der Waals surface area (Å²) in [5.41, 5.74) is 5.02. The molecule has 0 amide bonds. The molecule has 0 aromatic heterocycles. The predicted molar refractivity (Wildman–Crippen MR) is 65.0 cm³/mol. The first-order chi connectivity index (χ1) is 8.26. The Balaban J connectivity index is 2.35. The minimum Gasteiger partial charge on any atom is -0.398 e. The molecule has 96 valence electrons. The van der Waals surface area contributed by atoms with E-state index in [-0.39, 0.29) is 23.7 Å². The normalized spacial score (nSPS) is 18.9. The number of nitriles is 1. The van der Waals surface area contributed by atoms with E-state index in [0.29, 0.717) is 5.56 Å². The zero-order valence-corrected chi connectivity index (χ0v) is 10.6. The maximum Gasteiger partial charge on any atom is 0.245 e.